The van der Waals surface area contributed by atoms with Crippen molar-refractivity contribution in [3.05, 3.63) is 54.6 Å². The molecule has 1 aliphatic carbocycles. The van der Waals surface area contributed by atoms with Crippen LogP contribution in [0.2, 0.25) is 0 Å². The van der Waals surface area contributed by atoms with Gasteiger partial charge < -0.3 is 4.57 Å². The van der Waals surface area contributed by atoms with E-state index in [1.165, 1.54) is 36.8 Å². The maximum Gasteiger partial charge on any atom is 0.136 e. The molecule has 1 fully saturated rings. The second-order valence-electron chi connectivity index (χ2n) is 7.10. The van der Waals surface area contributed by atoms with Crippen LogP contribution in [-0.4, -0.2) is 14.5 Å². The summed E-state index contributed by atoms with van der Waals surface area (Å²) >= 11 is 0. The molecule has 1 atom stereocenters. The molecule has 3 aromatic rings. The minimum Gasteiger partial charge on any atom is -0.302 e. The van der Waals surface area contributed by atoms with E-state index in [2.05, 4.69) is 41.7 Å². The molecule has 0 saturated heterocycles. The van der Waals surface area contributed by atoms with Crippen molar-refractivity contribution in [3.63, 3.8) is 0 Å². The normalized spacial score (nSPS) is 18.3. The van der Waals surface area contributed by atoms with Crippen LogP contribution in [0.5, 0.6) is 0 Å². The lowest BCUT2D eigenvalue weighted by atomic mass is 9.74. The summed E-state index contributed by atoms with van der Waals surface area (Å²) < 4.78 is 2.26. The summed E-state index contributed by atoms with van der Waals surface area (Å²) in [6, 6.07) is 10.2. The molecule has 23 heavy (non-hydrogen) atoms. The van der Waals surface area contributed by atoms with Crippen LogP contribution in [0.3, 0.4) is 0 Å². The minimum absolute atomic E-state index is 0.356. The number of hydrogen-bond donors (Lipinski definition) is 0. The molecule has 0 radical (unpaired) electrons. The topological polar surface area (TPSA) is 30.7 Å². The van der Waals surface area contributed by atoms with Crippen molar-refractivity contribution in [1.29, 1.82) is 0 Å². The summed E-state index contributed by atoms with van der Waals surface area (Å²) in [5, 5.41) is 1.20. The summed E-state index contributed by atoms with van der Waals surface area (Å²) in [4.78, 5) is 9.27. The van der Waals surface area contributed by atoms with Gasteiger partial charge in [0.2, 0.25) is 0 Å². The summed E-state index contributed by atoms with van der Waals surface area (Å²) in [6.07, 6.45) is 11.2. The molecule has 1 saturated carbocycles. The SMILES string of the molecule is CC(c1c2ncccc2cn1-c1ccccn1)C1(C)CCCC1. The second kappa shape index (κ2) is 5.48. The smallest absolute Gasteiger partial charge is 0.136 e. The van der Waals surface area contributed by atoms with Gasteiger partial charge in [0.1, 0.15) is 5.82 Å². The van der Waals surface area contributed by atoms with Crippen LogP contribution in [0.15, 0.2) is 48.9 Å². The van der Waals surface area contributed by atoms with Gasteiger partial charge in [-0.2, -0.15) is 0 Å². The van der Waals surface area contributed by atoms with Crippen LogP contribution in [0.1, 0.15) is 51.1 Å². The third-order valence-electron chi connectivity index (χ3n) is 5.71. The molecule has 0 aliphatic heterocycles. The van der Waals surface area contributed by atoms with Crippen LogP contribution >= 0.6 is 0 Å². The fourth-order valence-corrected chi connectivity index (χ4v) is 4.10. The van der Waals surface area contributed by atoms with Crippen molar-refractivity contribution in [2.24, 2.45) is 5.41 Å². The lowest BCUT2D eigenvalue weighted by Crippen LogP contribution is -2.22. The van der Waals surface area contributed by atoms with Crippen molar-refractivity contribution in [1.82, 2.24) is 14.5 Å². The van der Waals surface area contributed by atoms with E-state index in [1.54, 1.807) is 0 Å². The van der Waals surface area contributed by atoms with Gasteiger partial charge in [0.25, 0.3) is 0 Å². The quantitative estimate of drug-likeness (QED) is 0.673. The average molecular weight is 305 g/mol. The molecular weight excluding hydrogens is 282 g/mol. The zero-order valence-electron chi connectivity index (χ0n) is 13.9. The van der Waals surface area contributed by atoms with Gasteiger partial charge >= 0.3 is 0 Å². The Morgan fingerprint density at radius 2 is 1.83 bits per heavy atom. The van der Waals surface area contributed by atoms with Gasteiger partial charge in [0.05, 0.1) is 11.2 Å². The Labute approximate surface area is 137 Å². The first-order chi connectivity index (χ1) is 11.2. The highest BCUT2D eigenvalue weighted by Crippen LogP contribution is 2.49. The van der Waals surface area contributed by atoms with Gasteiger partial charge in [0.15, 0.2) is 0 Å². The van der Waals surface area contributed by atoms with E-state index in [0.717, 1.165) is 11.3 Å². The van der Waals surface area contributed by atoms with E-state index in [4.69, 9.17) is 4.98 Å². The first-order valence-corrected chi connectivity index (χ1v) is 8.56. The molecule has 0 aromatic carbocycles. The van der Waals surface area contributed by atoms with Gasteiger partial charge in [-0.1, -0.05) is 32.8 Å². The first kappa shape index (κ1) is 14.4. The number of rotatable bonds is 3. The predicted molar refractivity (Wildman–Crippen MR) is 93.9 cm³/mol. The van der Waals surface area contributed by atoms with E-state index < -0.39 is 0 Å². The van der Waals surface area contributed by atoms with Crippen molar-refractivity contribution in [2.75, 3.05) is 0 Å². The van der Waals surface area contributed by atoms with Gasteiger partial charge in [-0.15, -0.1) is 0 Å². The summed E-state index contributed by atoms with van der Waals surface area (Å²) in [7, 11) is 0. The van der Waals surface area contributed by atoms with Crippen molar-refractivity contribution >= 4 is 10.9 Å². The number of pyridine rings is 2. The highest BCUT2D eigenvalue weighted by molar-refractivity contribution is 5.83. The molecule has 3 heterocycles. The third kappa shape index (κ3) is 2.35. The average Bonchev–Trinajstić information content (AvgIpc) is 3.19. The fourth-order valence-electron chi connectivity index (χ4n) is 4.10. The molecular formula is C20H23N3. The summed E-state index contributed by atoms with van der Waals surface area (Å²) in [6.45, 7) is 4.81. The van der Waals surface area contributed by atoms with Gasteiger partial charge in [0, 0.05) is 29.9 Å². The van der Waals surface area contributed by atoms with Crippen molar-refractivity contribution in [2.45, 2.75) is 45.4 Å². The van der Waals surface area contributed by atoms with Crippen LogP contribution in [0.4, 0.5) is 0 Å². The highest BCUT2D eigenvalue weighted by Gasteiger charge is 2.37. The monoisotopic (exact) mass is 305 g/mol. The zero-order chi connectivity index (χ0) is 15.9. The summed E-state index contributed by atoms with van der Waals surface area (Å²) in [5.74, 6) is 1.44. The van der Waals surface area contributed by atoms with E-state index in [-0.39, 0.29) is 0 Å². The molecule has 0 amide bonds. The molecule has 0 bridgehead atoms. The molecule has 118 valence electrons. The van der Waals surface area contributed by atoms with Crippen LogP contribution in [-0.2, 0) is 0 Å². The number of hydrogen-bond acceptors (Lipinski definition) is 2. The molecule has 3 heteroatoms. The van der Waals surface area contributed by atoms with Crippen LogP contribution in [0.25, 0.3) is 16.7 Å². The Balaban J connectivity index is 1.93. The maximum atomic E-state index is 4.70. The predicted octanol–water partition coefficient (Wildman–Crippen LogP) is 5.10. The van der Waals surface area contributed by atoms with E-state index in [0.29, 0.717) is 11.3 Å². The van der Waals surface area contributed by atoms with E-state index in [1.807, 2.05) is 30.6 Å². The van der Waals surface area contributed by atoms with Crippen molar-refractivity contribution < 1.29 is 0 Å². The fraction of sp³-hybridized carbons (Fsp3) is 0.400. The van der Waals surface area contributed by atoms with Gasteiger partial charge in [-0.05, 0) is 42.5 Å². The molecule has 0 spiro atoms. The lowest BCUT2D eigenvalue weighted by molar-refractivity contribution is 0.270. The van der Waals surface area contributed by atoms with Crippen molar-refractivity contribution in [3.8, 4) is 5.82 Å². The minimum atomic E-state index is 0.356. The first-order valence-electron chi connectivity index (χ1n) is 8.56. The lowest BCUT2D eigenvalue weighted by Gasteiger charge is -2.32. The molecule has 0 N–H and O–H groups in total. The number of aromatic nitrogens is 3. The Bertz CT molecular complexity index is 813. The highest BCUT2D eigenvalue weighted by atomic mass is 15.1. The molecule has 4 rings (SSSR count). The zero-order valence-corrected chi connectivity index (χ0v) is 13.9. The number of fused-ring (bicyclic) bond motifs is 1. The standard InChI is InChI=1S/C20H23N3/c1-15(20(2)10-4-5-11-20)19-18-16(8-7-13-22-18)14-23(19)17-9-3-6-12-21-17/h3,6-9,12-15H,4-5,10-11H2,1-2H3. The van der Waals surface area contributed by atoms with Crippen LogP contribution in [0, 0.1) is 5.41 Å². The molecule has 1 aliphatic rings. The Morgan fingerprint density at radius 3 is 2.57 bits per heavy atom. The number of nitrogens with zero attached hydrogens (tertiary/aromatic N) is 3. The Morgan fingerprint density at radius 1 is 1.04 bits per heavy atom. The van der Waals surface area contributed by atoms with E-state index in [9.17, 15) is 0 Å². The Hall–Kier alpha value is -2.16. The van der Waals surface area contributed by atoms with Crippen LogP contribution < -0.4 is 0 Å². The molecule has 3 nitrogen and oxygen atoms in total. The maximum absolute atomic E-state index is 4.70. The molecule has 1 unspecified atom stereocenters. The second-order valence-corrected chi connectivity index (χ2v) is 7.10. The summed E-state index contributed by atoms with van der Waals surface area (Å²) in [5.41, 5.74) is 2.79. The largest absolute Gasteiger partial charge is 0.302 e. The Kier molecular flexibility index (Phi) is 3.44. The molecule has 3 aromatic heterocycles. The van der Waals surface area contributed by atoms with E-state index >= 15 is 0 Å². The van der Waals surface area contributed by atoms with Gasteiger partial charge in [-0.3, -0.25) is 4.98 Å². The van der Waals surface area contributed by atoms with Gasteiger partial charge in [-0.25, -0.2) is 4.98 Å². The third-order valence-corrected chi connectivity index (χ3v) is 5.71.